The van der Waals surface area contributed by atoms with E-state index in [9.17, 15) is 4.79 Å². The number of rotatable bonds is 8. The third-order valence-electron chi connectivity index (χ3n) is 3.02. The molecule has 6 nitrogen and oxygen atoms in total. The fourth-order valence-corrected chi connectivity index (χ4v) is 2.04. The molecule has 0 bridgehead atoms. The molecule has 0 saturated heterocycles. The Morgan fingerprint density at radius 1 is 1.29 bits per heavy atom. The fourth-order valence-electron chi connectivity index (χ4n) is 2.04. The van der Waals surface area contributed by atoms with Crippen molar-refractivity contribution in [3.05, 3.63) is 17.6 Å². The molecule has 6 heteroatoms. The molecule has 1 heterocycles. The van der Waals surface area contributed by atoms with E-state index in [1.165, 1.54) is 0 Å². The Kier molecular flexibility index (Phi) is 7.08. The lowest BCUT2D eigenvalue weighted by Gasteiger charge is -2.22. The van der Waals surface area contributed by atoms with E-state index >= 15 is 0 Å². The van der Waals surface area contributed by atoms with Crippen molar-refractivity contribution < 1.29 is 4.79 Å². The summed E-state index contributed by atoms with van der Waals surface area (Å²) in [5.74, 6) is 1.70. The van der Waals surface area contributed by atoms with Crippen molar-refractivity contribution in [1.29, 1.82) is 0 Å². The van der Waals surface area contributed by atoms with Crippen molar-refractivity contribution in [3.8, 4) is 0 Å². The molecule has 0 atom stereocenters. The summed E-state index contributed by atoms with van der Waals surface area (Å²) in [5, 5.41) is 3.21. The van der Waals surface area contributed by atoms with Gasteiger partial charge in [-0.15, -0.1) is 0 Å². The molecule has 118 valence electrons. The van der Waals surface area contributed by atoms with Crippen LogP contribution in [0, 0.1) is 6.92 Å². The van der Waals surface area contributed by atoms with Gasteiger partial charge < -0.3 is 10.2 Å². The van der Waals surface area contributed by atoms with Gasteiger partial charge in [0.1, 0.15) is 11.6 Å². The van der Waals surface area contributed by atoms with Gasteiger partial charge in [0, 0.05) is 32.4 Å². The molecule has 0 aliphatic carbocycles. The Balaban J connectivity index is 2.80. The van der Waals surface area contributed by atoms with Gasteiger partial charge in [-0.25, -0.2) is 9.97 Å². The van der Waals surface area contributed by atoms with Crippen LogP contribution in [0.2, 0.25) is 0 Å². The molecular weight excluding hydrogens is 266 g/mol. The molecule has 0 saturated carbocycles. The van der Waals surface area contributed by atoms with Gasteiger partial charge in [0.25, 0.3) is 0 Å². The number of nitrogens with zero attached hydrogens (tertiary/aromatic N) is 4. The third-order valence-corrected chi connectivity index (χ3v) is 3.02. The first-order valence-electron chi connectivity index (χ1n) is 7.47. The summed E-state index contributed by atoms with van der Waals surface area (Å²) in [7, 11) is 3.55. The summed E-state index contributed by atoms with van der Waals surface area (Å²) >= 11 is 0. The van der Waals surface area contributed by atoms with Gasteiger partial charge >= 0.3 is 0 Å². The number of aryl methyl sites for hydroxylation is 1. The van der Waals surface area contributed by atoms with E-state index in [-0.39, 0.29) is 5.91 Å². The first kappa shape index (κ1) is 17.4. The second-order valence-corrected chi connectivity index (χ2v) is 5.34. The van der Waals surface area contributed by atoms with Crippen molar-refractivity contribution >= 4 is 11.7 Å². The van der Waals surface area contributed by atoms with Gasteiger partial charge in [-0.05, 0) is 26.8 Å². The van der Waals surface area contributed by atoms with Crippen LogP contribution >= 0.6 is 0 Å². The molecule has 0 unspecified atom stereocenters. The minimum atomic E-state index is 0.100. The van der Waals surface area contributed by atoms with Crippen LogP contribution in [-0.2, 0) is 11.3 Å². The molecule has 1 aromatic heterocycles. The Bertz CT molecular complexity index is 461. The molecule has 21 heavy (non-hydrogen) atoms. The molecule has 0 spiro atoms. The van der Waals surface area contributed by atoms with Crippen LogP contribution in [0.15, 0.2) is 6.07 Å². The summed E-state index contributed by atoms with van der Waals surface area (Å²) in [6, 6.07) is 1.93. The molecule has 0 fully saturated rings. The summed E-state index contributed by atoms with van der Waals surface area (Å²) in [5.41, 5.74) is 0.936. The molecule has 1 rings (SSSR count). The SMILES string of the molecule is CCCN(CC(=O)N(C)C)Cc1nc(C)cc(NCC)n1. The molecule has 0 aliphatic rings. The van der Waals surface area contributed by atoms with Crippen LogP contribution in [0.5, 0.6) is 0 Å². The number of anilines is 1. The van der Waals surface area contributed by atoms with Crippen molar-refractivity contribution in [1.82, 2.24) is 19.8 Å². The number of carbonyl (C=O) groups excluding carboxylic acids is 1. The van der Waals surface area contributed by atoms with E-state index in [4.69, 9.17) is 0 Å². The zero-order chi connectivity index (χ0) is 15.8. The lowest BCUT2D eigenvalue weighted by Crippen LogP contribution is -2.37. The quantitative estimate of drug-likeness (QED) is 0.787. The summed E-state index contributed by atoms with van der Waals surface area (Å²) in [6.45, 7) is 8.77. The van der Waals surface area contributed by atoms with E-state index in [1.54, 1.807) is 19.0 Å². The lowest BCUT2D eigenvalue weighted by molar-refractivity contribution is -0.130. The Morgan fingerprint density at radius 2 is 2.00 bits per heavy atom. The average molecular weight is 293 g/mol. The van der Waals surface area contributed by atoms with Gasteiger partial charge in [-0.3, -0.25) is 9.69 Å². The maximum atomic E-state index is 11.9. The van der Waals surface area contributed by atoms with E-state index in [1.807, 2.05) is 19.9 Å². The van der Waals surface area contributed by atoms with E-state index < -0.39 is 0 Å². The fraction of sp³-hybridized carbons (Fsp3) is 0.667. The van der Waals surface area contributed by atoms with Crippen molar-refractivity contribution in [2.45, 2.75) is 33.7 Å². The molecule has 1 N–H and O–H groups in total. The summed E-state index contributed by atoms with van der Waals surface area (Å²) < 4.78 is 0. The highest BCUT2D eigenvalue weighted by Gasteiger charge is 2.14. The standard InChI is InChI=1S/C15H27N5O/c1-6-8-20(11-15(21)19(4)5)10-14-17-12(3)9-13(18-14)16-7-2/h9H,6-8,10-11H2,1-5H3,(H,16,17,18). The normalized spacial score (nSPS) is 10.8. The van der Waals surface area contributed by atoms with Crippen LogP contribution in [0.25, 0.3) is 0 Å². The van der Waals surface area contributed by atoms with Gasteiger partial charge in [-0.1, -0.05) is 6.92 Å². The van der Waals surface area contributed by atoms with Crippen LogP contribution in [-0.4, -0.2) is 59.4 Å². The van der Waals surface area contributed by atoms with Crippen LogP contribution in [0.1, 0.15) is 31.8 Å². The number of amides is 1. The number of hydrogen-bond acceptors (Lipinski definition) is 5. The number of carbonyl (C=O) groups is 1. The molecule has 0 aromatic carbocycles. The third kappa shape index (κ3) is 6.08. The summed E-state index contributed by atoms with van der Waals surface area (Å²) in [6.07, 6.45) is 0.993. The second-order valence-electron chi connectivity index (χ2n) is 5.34. The molecule has 0 aliphatic heterocycles. The number of hydrogen-bond donors (Lipinski definition) is 1. The number of nitrogens with one attached hydrogen (secondary N) is 1. The minimum absolute atomic E-state index is 0.100. The zero-order valence-corrected chi connectivity index (χ0v) is 13.8. The summed E-state index contributed by atoms with van der Waals surface area (Å²) in [4.78, 5) is 24.6. The van der Waals surface area contributed by atoms with Crippen LogP contribution in [0.3, 0.4) is 0 Å². The van der Waals surface area contributed by atoms with Crippen LogP contribution < -0.4 is 5.32 Å². The van der Waals surface area contributed by atoms with Gasteiger partial charge in [0.15, 0.2) is 0 Å². The highest BCUT2D eigenvalue weighted by atomic mass is 16.2. The van der Waals surface area contributed by atoms with Crippen molar-refractivity contribution in [2.75, 3.05) is 39.0 Å². The van der Waals surface area contributed by atoms with E-state index in [0.29, 0.717) is 13.1 Å². The molecule has 1 amide bonds. The molecule has 0 radical (unpaired) electrons. The van der Waals surface area contributed by atoms with Crippen molar-refractivity contribution in [3.63, 3.8) is 0 Å². The Labute approximate surface area is 127 Å². The van der Waals surface area contributed by atoms with Crippen molar-refractivity contribution in [2.24, 2.45) is 0 Å². The Hall–Kier alpha value is -1.69. The van der Waals surface area contributed by atoms with Crippen LogP contribution in [0.4, 0.5) is 5.82 Å². The van der Waals surface area contributed by atoms with E-state index in [2.05, 4.69) is 27.1 Å². The first-order chi connectivity index (χ1) is 9.96. The maximum Gasteiger partial charge on any atom is 0.236 e. The second kappa shape index (κ2) is 8.56. The number of likely N-dealkylation sites (N-methyl/N-ethyl adjacent to an activating group) is 1. The Morgan fingerprint density at radius 3 is 2.57 bits per heavy atom. The monoisotopic (exact) mass is 293 g/mol. The molecular formula is C15H27N5O. The largest absolute Gasteiger partial charge is 0.370 e. The highest BCUT2D eigenvalue weighted by Crippen LogP contribution is 2.08. The zero-order valence-electron chi connectivity index (χ0n) is 13.8. The van der Waals surface area contributed by atoms with Gasteiger partial charge in [-0.2, -0.15) is 0 Å². The van der Waals surface area contributed by atoms with Gasteiger partial charge in [0.2, 0.25) is 5.91 Å². The smallest absolute Gasteiger partial charge is 0.236 e. The average Bonchev–Trinajstić information content (AvgIpc) is 2.38. The maximum absolute atomic E-state index is 11.9. The highest BCUT2D eigenvalue weighted by molar-refractivity contribution is 5.77. The predicted molar refractivity (Wildman–Crippen MR) is 85.2 cm³/mol. The topological polar surface area (TPSA) is 61.4 Å². The van der Waals surface area contributed by atoms with Gasteiger partial charge in [0.05, 0.1) is 13.1 Å². The first-order valence-corrected chi connectivity index (χ1v) is 7.47. The molecule has 1 aromatic rings. The lowest BCUT2D eigenvalue weighted by atomic mass is 10.3. The number of aromatic nitrogens is 2. The predicted octanol–water partition coefficient (Wildman–Crippen LogP) is 1.52. The minimum Gasteiger partial charge on any atom is -0.370 e. The van der Waals surface area contributed by atoms with E-state index in [0.717, 1.165) is 36.8 Å².